The van der Waals surface area contributed by atoms with Gasteiger partial charge >= 0.3 is 0 Å². The van der Waals surface area contributed by atoms with Crippen molar-refractivity contribution in [2.24, 2.45) is 0 Å². The molecule has 0 aliphatic carbocycles. The number of rotatable bonds is 5. The van der Waals surface area contributed by atoms with Crippen LogP contribution in [-0.4, -0.2) is 4.92 Å². The average Bonchev–Trinajstić information content (AvgIpc) is 2.41. The average molecular weight is 272 g/mol. The Kier molecular flexibility index (Phi) is 4.20. The van der Waals surface area contributed by atoms with Gasteiger partial charge in [-0.25, -0.2) is 0 Å². The first-order chi connectivity index (χ1) is 9.60. The second kappa shape index (κ2) is 6.06. The van der Waals surface area contributed by atoms with Gasteiger partial charge in [0.25, 0.3) is 5.69 Å². The van der Waals surface area contributed by atoms with Gasteiger partial charge in [0, 0.05) is 12.1 Å². The Bertz CT molecular complexity index is 609. The molecule has 0 unspecified atom stereocenters. The van der Waals surface area contributed by atoms with Crippen LogP contribution in [0.2, 0.25) is 0 Å². The lowest BCUT2D eigenvalue weighted by Crippen LogP contribution is -1.96. The van der Waals surface area contributed by atoms with Gasteiger partial charge in [0.15, 0.2) is 0 Å². The second-order valence-electron chi connectivity index (χ2n) is 4.47. The highest BCUT2D eigenvalue weighted by atomic mass is 16.6. The molecule has 20 heavy (non-hydrogen) atoms. The minimum Gasteiger partial charge on any atom is -0.457 e. The van der Waals surface area contributed by atoms with Crippen molar-refractivity contribution in [1.82, 2.24) is 0 Å². The lowest BCUT2D eigenvalue weighted by molar-refractivity contribution is -0.383. The van der Waals surface area contributed by atoms with E-state index in [0.717, 1.165) is 12.8 Å². The van der Waals surface area contributed by atoms with Gasteiger partial charge in [0.05, 0.1) is 4.92 Å². The molecular weight excluding hydrogens is 256 g/mol. The molecule has 0 spiro atoms. The normalized spacial score (nSPS) is 10.2. The first kappa shape index (κ1) is 13.9. The molecule has 0 aromatic heterocycles. The first-order valence-corrected chi connectivity index (χ1v) is 6.41. The van der Waals surface area contributed by atoms with Gasteiger partial charge in [0.2, 0.25) is 0 Å². The Balaban J connectivity index is 2.13. The highest BCUT2D eigenvalue weighted by Crippen LogP contribution is 2.29. The van der Waals surface area contributed by atoms with E-state index in [-0.39, 0.29) is 11.4 Å². The summed E-state index contributed by atoms with van der Waals surface area (Å²) in [4.78, 5) is 10.2. The Labute approximate surface area is 117 Å². The number of nitrogen functional groups attached to an aromatic ring is 1. The molecular formula is C15H16N2O3. The number of nitro benzene ring substituents is 1. The maximum Gasteiger partial charge on any atom is 0.292 e. The van der Waals surface area contributed by atoms with Crippen molar-refractivity contribution in [3.8, 4) is 11.5 Å². The molecule has 2 aromatic carbocycles. The van der Waals surface area contributed by atoms with E-state index in [1.165, 1.54) is 23.8 Å². The van der Waals surface area contributed by atoms with Crippen molar-refractivity contribution in [3.63, 3.8) is 0 Å². The summed E-state index contributed by atoms with van der Waals surface area (Å²) in [5, 5.41) is 10.7. The standard InChI is InChI=1S/C15H16N2O3/c1-2-3-11-4-6-12(7-5-11)20-13-8-9-15(17(18)19)14(16)10-13/h4-10H,2-3,16H2,1H3. The molecule has 0 heterocycles. The number of benzene rings is 2. The van der Waals surface area contributed by atoms with E-state index in [1.807, 2.05) is 24.3 Å². The minimum atomic E-state index is -0.515. The van der Waals surface area contributed by atoms with E-state index in [4.69, 9.17) is 10.5 Å². The van der Waals surface area contributed by atoms with Crippen LogP contribution < -0.4 is 10.5 Å². The predicted octanol–water partition coefficient (Wildman–Crippen LogP) is 3.92. The van der Waals surface area contributed by atoms with E-state index >= 15 is 0 Å². The first-order valence-electron chi connectivity index (χ1n) is 6.41. The SMILES string of the molecule is CCCc1ccc(Oc2ccc([N+](=O)[O-])c(N)c2)cc1. The molecule has 2 aromatic rings. The molecule has 2 rings (SSSR count). The molecule has 0 saturated heterocycles. The van der Waals surface area contributed by atoms with Crippen LogP contribution in [0.5, 0.6) is 11.5 Å². The largest absolute Gasteiger partial charge is 0.457 e. The lowest BCUT2D eigenvalue weighted by atomic mass is 10.1. The fraction of sp³-hybridized carbons (Fsp3) is 0.200. The van der Waals surface area contributed by atoms with E-state index in [1.54, 1.807) is 0 Å². The van der Waals surface area contributed by atoms with Crippen LogP contribution in [0.15, 0.2) is 42.5 Å². The number of hydrogen-bond acceptors (Lipinski definition) is 4. The van der Waals surface area contributed by atoms with Gasteiger partial charge in [-0.1, -0.05) is 25.5 Å². The summed E-state index contributed by atoms with van der Waals surface area (Å²) in [5.41, 5.74) is 6.85. The molecule has 0 atom stereocenters. The van der Waals surface area contributed by atoms with Crippen LogP contribution in [0.4, 0.5) is 11.4 Å². The van der Waals surface area contributed by atoms with Crippen molar-refractivity contribution in [2.45, 2.75) is 19.8 Å². The molecule has 104 valence electrons. The van der Waals surface area contributed by atoms with Gasteiger partial charge in [-0.05, 0) is 30.2 Å². The third-order valence-electron chi connectivity index (χ3n) is 2.89. The third kappa shape index (κ3) is 3.26. The summed E-state index contributed by atoms with van der Waals surface area (Å²) in [6.07, 6.45) is 2.13. The van der Waals surface area contributed by atoms with Gasteiger partial charge in [0.1, 0.15) is 17.2 Å². The molecule has 5 heteroatoms. The summed E-state index contributed by atoms with van der Waals surface area (Å²) in [6, 6.07) is 12.1. The zero-order valence-electron chi connectivity index (χ0n) is 11.2. The minimum absolute atomic E-state index is 0.0927. The second-order valence-corrected chi connectivity index (χ2v) is 4.47. The Hall–Kier alpha value is -2.56. The topological polar surface area (TPSA) is 78.4 Å². The highest BCUT2D eigenvalue weighted by Gasteiger charge is 2.11. The Morgan fingerprint density at radius 2 is 1.80 bits per heavy atom. The molecule has 0 fully saturated rings. The van der Waals surface area contributed by atoms with Crippen LogP contribution in [0.3, 0.4) is 0 Å². The fourth-order valence-electron chi connectivity index (χ4n) is 1.91. The predicted molar refractivity (Wildman–Crippen MR) is 78.0 cm³/mol. The number of hydrogen-bond donors (Lipinski definition) is 1. The summed E-state index contributed by atoms with van der Waals surface area (Å²) in [5.74, 6) is 1.16. The smallest absolute Gasteiger partial charge is 0.292 e. The van der Waals surface area contributed by atoms with E-state index in [2.05, 4.69) is 6.92 Å². The third-order valence-corrected chi connectivity index (χ3v) is 2.89. The van der Waals surface area contributed by atoms with Crippen LogP contribution in [-0.2, 0) is 6.42 Å². The molecule has 0 bridgehead atoms. The molecule has 0 aliphatic heterocycles. The van der Waals surface area contributed by atoms with Crippen molar-refractivity contribution >= 4 is 11.4 Å². The molecule has 5 nitrogen and oxygen atoms in total. The fourth-order valence-corrected chi connectivity index (χ4v) is 1.91. The summed E-state index contributed by atoms with van der Waals surface area (Å²) in [7, 11) is 0. The number of nitrogens with zero attached hydrogens (tertiary/aromatic N) is 1. The summed E-state index contributed by atoms with van der Waals surface area (Å²) >= 11 is 0. The maximum absolute atomic E-state index is 10.7. The monoisotopic (exact) mass is 272 g/mol. The zero-order chi connectivity index (χ0) is 14.5. The molecule has 0 saturated carbocycles. The van der Waals surface area contributed by atoms with Gasteiger partial charge < -0.3 is 10.5 Å². The number of anilines is 1. The molecule has 0 radical (unpaired) electrons. The van der Waals surface area contributed by atoms with Crippen molar-refractivity contribution in [3.05, 3.63) is 58.1 Å². The van der Waals surface area contributed by atoms with Crippen molar-refractivity contribution in [2.75, 3.05) is 5.73 Å². The van der Waals surface area contributed by atoms with Crippen molar-refractivity contribution in [1.29, 1.82) is 0 Å². The number of nitro groups is 1. The Morgan fingerprint density at radius 3 is 2.35 bits per heavy atom. The quantitative estimate of drug-likeness (QED) is 0.508. The van der Waals surface area contributed by atoms with Crippen LogP contribution in [0.1, 0.15) is 18.9 Å². The van der Waals surface area contributed by atoms with Gasteiger partial charge in [-0.2, -0.15) is 0 Å². The van der Waals surface area contributed by atoms with E-state index in [0.29, 0.717) is 11.5 Å². The lowest BCUT2D eigenvalue weighted by Gasteiger charge is -2.07. The van der Waals surface area contributed by atoms with Gasteiger partial charge in [-0.3, -0.25) is 10.1 Å². The summed E-state index contributed by atoms with van der Waals surface area (Å²) < 4.78 is 5.62. The maximum atomic E-state index is 10.7. The zero-order valence-corrected chi connectivity index (χ0v) is 11.2. The molecule has 0 aliphatic rings. The number of nitrogens with two attached hydrogens (primary N) is 1. The van der Waals surface area contributed by atoms with E-state index in [9.17, 15) is 10.1 Å². The highest BCUT2D eigenvalue weighted by molar-refractivity contribution is 5.61. The number of aryl methyl sites for hydroxylation is 1. The summed E-state index contributed by atoms with van der Waals surface area (Å²) in [6.45, 7) is 2.13. The number of ether oxygens (including phenoxy) is 1. The van der Waals surface area contributed by atoms with Crippen LogP contribution in [0.25, 0.3) is 0 Å². The van der Waals surface area contributed by atoms with Crippen LogP contribution >= 0.6 is 0 Å². The molecule has 2 N–H and O–H groups in total. The molecule has 0 amide bonds. The van der Waals surface area contributed by atoms with Crippen LogP contribution in [0, 0.1) is 10.1 Å². The van der Waals surface area contributed by atoms with Gasteiger partial charge in [-0.15, -0.1) is 0 Å². The van der Waals surface area contributed by atoms with Crippen molar-refractivity contribution < 1.29 is 9.66 Å². The Morgan fingerprint density at radius 1 is 1.15 bits per heavy atom. The van der Waals surface area contributed by atoms with E-state index < -0.39 is 4.92 Å².